The first-order chi connectivity index (χ1) is 9.45. The molecule has 1 aliphatic heterocycles. The molecule has 1 aromatic heterocycles. The number of rotatable bonds is 6. The molecule has 2 heterocycles. The quantitative estimate of drug-likeness (QED) is 0.736. The van der Waals surface area contributed by atoms with Gasteiger partial charge in [-0.1, -0.05) is 19.1 Å². The minimum Gasteiger partial charge on any atom is -0.476 e. The van der Waals surface area contributed by atoms with E-state index in [1.54, 1.807) is 4.68 Å². The first-order valence-electron chi connectivity index (χ1n) is 6.60. The minimum absolute atomic E-state index is 0.0157. The standard InChI is InChI=1S/C12H19N5O3/c1-8(2)3-13-11(18)7-16-4-9(5-16)17-6-10(12(19)20)14-15-17/h6,8-9H,3-5,7H2,1-2H3,(H,13,18)(H,19,20). The molecule has 0 saturated carbocycles. The molecule has 1 saturated heterocycles. The molecular formula is C12H19N5O3. The Labute approximate surface area is 116 Å². The van der Waals surface area contributed by atoms with Crippen molar-refractivity contribution in [3.63, 3.8) is 0 Å². The normalized spacial score (nSPS) is 16.1. The first kappa shape index (κ1) is 14.4. The topological polar surface area (TPSA) is 100 Å². The Bertz CT molecular complexity index is 493. The Hall–Kier alpha value is -1.96. The fraction of sp³-hybridized carbons (Fsp3) is 0.667. The second kappa shape index (κ2) is 6.00. The van der Waals surface area contributed by atoms with E-state index >= 15 is 0 Å². The van der Waals surface area contributed by atoms with Gasteiger partial charge in [-0.25, -0.2) is 9.48 Å². The van der Waals surface area contributed by atoms with Gasteiger partial charge in [-0.05, 0) is 5.92 Å². The van der Waals surface area contributed by atoms with E-state index in [2.05, 4.69) is 15.6 Å². The third-order valence-electron chi connectivity index (χ3n) is 3.12. The van der Waals surface area contributed by atoms with Crippen molar-refractivity contribution in [2.75, 3.05) is 26.2 Å². The van der Waals surface area contributed by atoms with Crippen molar-refractivity contribution in [1.29, 1.82) is 0 Å². The minimum atomic E-state index is -1.08. The van der Waals surface area contributed by atoms with Crippen molar-refractivity contribution in [1.82, 2.24) is 25.2 Å². The van der Waals surface area contributed by atoms with Crippen molar-refractivity contribution in [2.45, 2.75) is 19.9 Å². The summed E-state index contributed by atoms with van der Waals surface area (Å²) in [5.74, 6) is -0.630. The number of hydrogen-bond donors (Lipinski definition) is 2. The lowest BCUT2D eigenvalue weighted by Gasteiger charge is -2.38. The SMILES string of the molecule is CC(C)CNC(=O)CN1CC(n2cc(C(=O)O)nn2)C1. The molecule has 8 heteroatoms. The summed E-state index contributed by atoms with van der Waals surface area (Å²) in [5.41, 5.74) is -0.0573. The van der Waals surface area contributed by atoms with Gasteiger partial charge in [0.2, 0.25) is 5.91 Å². The monoisotopic (exact) mass is 281 g/mol. The fourth-order valence-corrected chi connectivity index (χ4v) is 1.97. The molecule has 20 heavy (non-hydrogen) atoms. The van der Waals surface area contributed by atoms with Crippen LogP contribution in [0, 0.1) is 5.92 Å². The van der Waals surface area contributed by atoms with Gasteiger partial charge in [0.25, 0.3) is 0 Å². The Kier molecular flexibility index (Phi) is 4.33. The predicted octanol–water partition coefficient (Wildman–Crippen LogP) is -0.395. The highest BCUT2D eigenvalue weighted by Gasteiger charge is 2.30. The van der Waals surface area contributed by atoms with Crippen molar-refractivity contribution >= 4 is 11.9 Å². The lowest BCUT2D eigenvalue weighted by molar-refractivity contribution is -0.123. The average molecular weight is 281 g/mol. The summed E-state index contributed by atoms with van der Waals surface area (Å²) in [7, 11) is 0. The zero-order valence-corrected chi connectivity index (χ0v) is 11.6. The number of carbonyl (C=O) groups is 2. The molecule has 0 unspecified atom stereocenters. The maximum Gasteiger partial charge on any atom is 0.358 e. The molecule has 2 rings (SSSR count). The lowest BCUT2D eigenvalue weighted by Crippen LogP contribution is -2.51. The Balaban J connectivity index is 1.74. The van der Waals surface area contributed by atoms with Crippen LogP contribution in [-0.2, 0) is 4.79 Å². The maximum absolute atomic E-state index is 11.6. The molecule has 2 N–H and O–H groups in total. The zero-order valence-electron chi connectivity index (χ0n) is 11.6. The van der Waals surface area contributed by atoms with E-state index in [1.807, 2.05) is 18.7 Å². The highest BCUT2D eigenvalue weighted by molar-refractivity contribution is 5.84. The van der Waals surface area contributed by atoms with Crippen LogP contribution in [0.25, 0.3) is 0 Å². The molecule has 0 bridgehead atoms. The molecule has 1 aliphatic rings. The summed E-state index contributed by atoms with van der Waals surface area (Å²) in [6, 6.07) is 0.0912. The fourth-order valence-electron chi connectivity index (χ4n) is 1.97. The number of carboxylic acids is 1. The predicted molar refractivity (Wildman–Crippen MR) is 70.3 cm³/mol. The molecule has 1 fully saturated rings. The van der Waals surface area contributed by atoms with Gasteiger partial charge < -0.3 is 10.4 Å². The van der Waals surface area contributed by atoms with Crippen LogP contribution in [0.3, 0.4) is 0 Å². The van der Waals surface area contributed by atoms with E-state index in [0.29, 0.717) is 32.1 Å². The molecular weight excluding hydrogens is 262 g/mol. The molecule has 1 aromatic rings. The Morgan fingerprint density at radius 2 is 2.20 bits per heavy atom. The number of carbonyl (C=O) groups excluding carboxylic acids is 1. The van der Waals surface area contributed by atoms with E-state index in [9.17, 15) is 9.59 Å². The van der Waals surface area contributed by atoms with Gasteiger partial charge in [-0.2, -0.15) is 0 Å². The number of nitrogens with zero attached hydrogens (tertiary/aromatic N) is 4. The molecule has 110 valence electrons. The molecule has 8 nitrogen and oxygen atoms in total. The van der Waals surface area contributed by atoms with Crippen molar-refractivity contribution in [3.8, 4) is 0 Å². The second-order valence-corrected chi connectivity index (χ2v) is 5.43. The highest BCUT2D eigenvalue weighted by atomic mass is 16.4. The van der Waals surface area contributed by atoms with Crippen LogP contribution in [-0.4, -0.2) is 63.1 Å². The summed E-state index contributed by atoms with van der Waals surface area (Å²) >= 11 is 0. The molecule has 1 amide bonds. The highest BCUT2D eigenvalue weighted by Crippen LogP contribution is 2.19. The summed E-state index contributed by atoms with van der Waals surface area (Å²) in [6.07, 6.45) is 1.42. The van der Waals surface area contributed by atoms with Crippen molar-refractivity contribution in [3.05, 3.63) is 11.9 Å². The van der Waals surface area contributed by atoms with E-state index in [1.165, 1.54) is 6.20 Å². The van der Waals surface area contributed by atoms with E-state index < -0.39 is 5.97 Å². The number of aromatic carboxylic acids is 1. The van der Waals surface area contributed by atoms with Crippen LogP contribution in [0.15, 0.2) is 6.20 Å². The van der Waals surface area contributed by atoms with Gasteiger partial charge in [0.15, 0.2) is 5.69 Å². The lowest BCUT2D eigenvalue weighted by atomic mass is 10.1. The zero-order chi connectivity index (χ0) is 14.7. The van der Waals surface area contributed by atoms with Crippen LogP contribution in [0.4, 0.5) is 0 Å². The van der Waals surface area contributed by atoms with E-state index in [4.69, 9.17) is 5.11 Å². The number of aromatic nitrogens is 3. The number of hydrogen-bond acceptors (Lipinski definition) is 5. The first-order valence-corrected chi connectivity index (χ1v) is 6.60. The van der Waals surface area contributed by atoms with Gasteiger partial charge in [0.05, 0.1) is 18.8 Å². The summed E-state index contributed by atoms with van der Waals surface area (Å²) < 4.78 is 1.55. The summed E-state index contributed by atoms with van der Waals surface area (Å²) in [5, 5.41) is 19.0. The van der Waals surface area contributed by atoms with Crippen LogP contribution in [0.1, 0.15) is 30.4 Å². The number of carboxylic acid groups (broad SMARTS) is 1. The smallest absolute Gasteiger partial charge is 0.358 e. The summed E-state index contributed by atoms with van der Waals surface area (Å²) in [4.78, 5) is 24.3. The largest absolute Gasteiger partial charge is 0.476 e. The van der Waals surface area contributed by atoms with Gasteiger partial charge in [0.1, 0.15) is 0 Å². The van der Waals surface area contributed by atoms with Crippen molar-refractivity contribution < 1.29 is 14.7 Å². The number of nitrogens with one attached hydrogen (secondary N) is 1. The molecule has 0 atom stereocenters. The summed E-state index contributed by atoms with van der Waals surface area (Å²) in [6.45, 7) is 6.50. The van der Waals surface area contributed by atoms with Crippen LogP contribution in [0.2, 0.25) is 0 Å². The van der Waals surface area contributed by atoms with E-state index in [0.717, 1.165) is 0 Å². The third kappa shape index (κ3) is 3.53. The number of likely N-dealkylation sites (tertiary alicyclic amines) is 1. The molecule has 0 spiro atoms. The van der Waals surface area contributed by atoms with Gasteiger partial charge in [0, 0.05) is 19.6 Å². The van der Waals surface area contributed by atoms with Gasteiger partial charge >= 0.3 is 5.97 Å². The second-order valence-electron chi connectivity index (χ2n) is 5.43. The Morgan fingerprint density at radius 1 is 1.50 bits per heavy atom. The third-order valence-corrected chi connectivity index (χ3v) is 3.12. The van der Waals surface area contributed by atoms with Gasteiger partial charge in [-0.3, -0.25) is 9.69 Å². The van der Waals surface area contributed by atoms with Crippen LogP contribution in [0.5, 0.6) is 0 Å². The van der Waals surface area contributed by atoms with E-state index in [-0.39, 0.29) is 17.6 Å². The van der Waals surface area contributed by atoms with Crippen LogP contribution < -0.4 is 5.32 Å². The molecule has 0 aliphatic carbocycles. The number of amides is 1. The van der Waals surface area contributed by atoms with Gasteiger partial charge in [-0.15, -0.1) is 5.10 Å². The molecule has 0 radical (unpaired) electrons. The maximum atomic E-state index is 11.6. The Morgan fingerprint density at radius 3 is 2.75 bits per heavy atom. The molecule has 0 aromatic carbocycles. The van der Waals surface area contributed by atoms with Crippen LogP contribution >= 0.6 is 0 Å². The average Bonchev–Trinajstić information content (AvgIpc) is 2.79. The van der Waals surface area contributed by atoms with Crippen molar-refractivity contribution in [2.24, 2.45) is 5.92 Å².